The average Bonchev–Trinajstić information content (AvgIpc) is 2.81. The molecule has 2 heteroatoms. The van der Waals surface area contributed by atoms with Crippen LogP contribution in [0, 0.1) is 29.1 Å². The third-order valence-corrected chi connectivity index (χ3v) is 10.4. The van der Waals surface area contributed by atoms with Crippen molar-refractivity contribution in [2.75, 3.05) is 11.5 Å². The molecule has 0 radical (unpaired) electrons. The summed E-state index contributed by atoms with van der Waals surface area (Å²) in [6.07, 6.45) is 7.42. The zero-order valence-electron chi connectivity index (χ0n) is 13.1. The third-order valence-electron chi connectivity index (χ3n) is 6.66. The summed E-state index contributed by atoms with van der Waals surface area (Å²) in [6, 6.07) is 0. The molecule has 19 heavy (non-hydrogen) atoms. The highest BCUT2D eigenvalue weighted by Crippen LogP contribution is 2.68. The number of hydrogen-bond acceptors (Lipinski definition) is 2. The summed E-state index contributed by atoms with van der Waals surface area (Å²) in [5.74, 6) is 6.53. The first-order chi connectivity index (χ1) is 9.01. The van der Waals surface area contributed by atoms with Gasteiger partial charge in [0.1, 0.15) is 0 Å². The largest absolute Gasteiger partial charge is 0.143 e. The van der Waals surface area contributed by atoms with E-state index in [9.17, 15) is 0 Å². The van der Waals surface area contributed by atoms with Gasteiger partial charge in [0, 0.05) is 11.5 Å². The van der Waals surface area contributed by atoms with Crippen LogP contribution in [0.4, 0.5) is 0 Å². The zero-order valence-corrected chi connectivity index (χ0v) is 14.7. The van der Waals surface area contributed by atoms with Crippen LogP contribution in [0.3, 0.4) is 0 Å². The molecular weight excluding hydrogens is 268 g/mol. The highest BCUT2D eigenvalue weighted by Gasteiger charge is 2.60. The maximum atomic E-state index is 2.67. The van der Waals surface area contributed by atoms with E-state index in [0.29, 0.717) is 9.49 Å². The molecule has 0 N–H and O–H groups in total. The van der Waals surface area contributed by atoms with Crippen molar-refractivity contribution in [2.45, 2.75) is 63.9 Å². The molecule has 0 nitrogen and oxygen atoms in total. The molecule has 3 rings (SSSR count). The van der Waals surface area contributed by atoms with Crippen LogP contribution in [-0.2, 0) is 0 Å². The molecule has 2 aliphatic carbocycles. The van der Waals surface area contributed by atoms with Crippen molar-refractivity contribution in [1.29, 1.82) is 0 Å². The summed E-state index contributed by atoms with van der Waals surface area (Å²) in [5.41, 5.74) is 0.606. The lowest BCUT2D eigenvalue weighted by Gasteiger charge is -2.61. The fourth-order valence-corrected chi connectivity index (χ4v) is 9.48. The highest BCUT2D eigenvalue weighted by molar-refractivity contribution is 8.21. The molecule has 0 aromatic carbocycles. The first-order valence-corrected chi connectivity index (χ1v) is 10.3. The van der Waals surface area contributed by atoms with Gasteiger partial charge in [0.05, 0.1) is 4.08 Å². The molecule has 3 fully saturated rings. The van der Waals surface area contributed by atoms with Crippen molar-refractivity contribution in [3.63, 3.8) is 0 Å². The Hall–Kier alpha value is 0.700. The fourth-order valence-electron chi connectivity index (χ4n) is 5.62. The number of rotatable bonds is 1. The van der Waals surface area contributed by atoms with Crippen molar-refractivity contribution in [1.82, 2.24) is 0 Å². The van der Waals surface area contributed by atoms with Crippen LogP contribution in [0.1, 0.15) is 59.8 Å². The Morgan fingerprint density at radius 1 is 1.05 bits per heavy atom. The van der Waals surface area contributed by atoms with E-state index < -0.39 is 0 Å². The van der Waals surface area contributed by atoms with Gasteiger partial charge in [-0.25, -0.2) is 0 Å². The van der Waals surface area contributed by atoms with Gasteiger partial charge < -0.3 is 0 Å². The highest BCUT2D eigenvalue weighted by atomic mass is 32.2. The van der Waals surface area contributed by atoms with Gasteiger partial charge in [-0.3, -0.25) is 0 Å². The summed E-state index contributed by atoms with van der Waals surface area (Å²) < 4.78 is 0.606. The van der Waals surface area contributed by atoms with E-state index in [-0.39, 0.29) is 0 Å². The van der Waals surface area contributed by atoms with Crippen LogP contribution in [0.15, 0.2) is 0 Å². The van der Waals surface area contributed by atoms with Crippen LogP contribution >= 0.6 is 23.5 Å². The Morgan fingerprint density at radius 2 is 1.74 bits per heavy atom. The van der Waals surface area contributed by atoms with E-state index in [2.05, 4.69) is 51.2 Å². The molecule has 110 valence electrons. The minimum absolute atomic E-state index is 0.606. The maximum Gasteiger partial charge on any atom is 0.0645 e. The van der Waals surface area contributed by atoms with Gasteiger partial charge in [0.2, 0.25) is 0 Å². The average molecular weight is 299 g/mol. The fraction of sp³-hybridized carbons (Fsp3) is 1.00. The number of thioether (sulfide) groups is 2. The van der Waals surface area contributed by atoms with E-state index in [1.54, 1.807) is 0 Å². The molecule has 0 bridgehead atoms. The second-order valence-electron chi connectivity index (χ2n) is 7.65. The van der Waals surface area contributed by atoms with Crippen LogP contribution < -0.4 is 0 Å². The van der Waals surface area contributed by atoms with Crippen molar-refractivity contribution in [2.24, 2.45) is 29.1 Å². The lowest BCUT2D eigenvalue weighted by Crippen LogP contribution is -2.56. The van der Waals surface area contributed by atoms with Crippen molar-refractivity contribution in [3.8, 4) is 0 Å². The normalized spacial score (nSPS) is 45.6. The second kappa shape index (κ2) is 5.16. The van der Waals surface area contributed by atoms with Crippen molar-refractivity contribution < 1.29 is 0 Å². The Balaban J connectivity index is 1.98. The molecule has 0 unspecified atom stereocenters. The zero-order chi connectivity index (χ0) is 13.7. The molecule has 1 heterocycles. The van der Waals surface area contributed by atoms with Gasteiger partial charge in [0.25, 0.3) is 0 Å². The Morgan fingerprint density at radius 3 is 2.37 bits per heavy atom. The molecule has 1 aliphatic heterocycles. The lowest BCUT2D eigenvalue weighted by atomic mass is 9.49. The second-order valence-corrected chi connectivity index (χ2v) is 10.8. The predicted molar refractivity (Wildman–Crippen MR) is 89.8 cm³/mol. The van der Waals surface area contributed by atoms with Gasteiger partial charge in [-0.05, 0) is 48.3 Å². The Labute approximate surface area is 128 Å². The number of fused-ring (bicyclic) bond motifs is 2. The Kier molecular flexibility index (Phi) is 3.97. The Bertz CT molecular complexity index is 332. The summed E-state index contributed by atoms with van der Waals surface area (Å²) >= 11 is 4.66. The minimum Gasteiger partial charge on any atom is -0.143 e. The van der Waals surface area contributed by atoms with Crippen LogP contribution in [0.5, 0.6) is 0 Å². The predicted octanol–water partition coefficient (Wildman–Crippen LogP) is 5.67. The van der Waals surface area contributed by atoms with E-state index in [1.165, 1.54) is 43.6 Å². The molecule has 3 aliphatic rings. The van der Waals surface area contributed by atoms with Gasteiger partial charge in [-0.2, -0.15) is 0 Å². The third kappa shape index (κ3) is 2.11. The topological polar surface area (TPSA) is 0 Å². The van der Waals surface area contributed by atoms with Gasteiger partial charge in [0.15, 0.2) is 0 Å². The van der Waals surface area contributed by atoms with Crippen LogP contribution in [0.25, 0.3) is 0 Å². The van der Waals surface area contributed by atoms with Crippen molar-refractivity contribution >= 4 is 23.5 Å². The van der Waals surface area contributed by atoms with Crippen molar-refractivity contribution in [3.05, 3.63) is 0 Å². The van der Waals surface area contributed by atoms with Gasteiger partial charge in [-0.1, -0.05) is 40.5 Å². The van der Waals surface area contributed by atoms with E-state index in [4.69, 9.17) is 0 Å². The first kappa shape index (κ1) is 14.6. The molecular formula is C17H30S2. The maximum absolute atomic E-state index is 2.67. The minimum atomic E-state index is 0.606. The SMILES string of the molecule is CC(C)[C@@H]1CCC2(SCCS2)[C@H]2CCC[C@@H](C)[C@@]21C. The van der Waals surface area contributed by atoms with Gasteiger partial charge >= 0.3 is 0 Å². The number of hydrogen-bond donors (Lipinski definition) is 0. The monoisotopic (exact) mass is 298 g/mol. The van der Waals surface area contributed by atoms with E-state index in [0.717, 1.165) is 23.7 Å². The summed E-state index contributed by atoms with van der Waals surface area (Å²) in [6.45, 7) is 10.2. The van der Waals surface area contributed by atoms with Gasteiger partial charge in [-0.15, -0.1) is 23.5 Å². The smallest absolute Gasteiger partial charge is 0.0645 e. The summed E-state index contributed by atoms with van der Waals surface area (Å²) in [7, 11) is 0. The van der Waals surface area contributed by atoms with Crippen LogP contribution in [-0.4, -0.2) is 15.6 Å². The first-order valence-electron chi connectivity index (χ1n) is 8.28. The lowest BCUT2D eigenvalue weighted by molar-refractivity contribution is -0.0647. The van der Waals surface area contributed by atoms with Crippen LogP contribution in [0.2, 0.25) is 0 Å². The molecule has 4 atom stereocenters. The summed E-state index contributed by atoms with van der Waals surface area (Å²) in [5, 5.41) is 0. The molecule has 0 aromatic heterocycles. The molecule has 1 spiro atoms. The van der Waals surface area contributed by atoms with E-state index >= 15 is 0 Å². The molecule has 0 aromatic rings. The molecule has 2 saturated carbocycles. The quantitative estimate of drug-likeness (QED) is 0.611. The van der Waals surface area contributed by atoms with E-state index in [1.807, 2.05) is 0 Å². The molecule has 1 saturated heterocycles. The standard InChI is InChI=1S/C17H30S2/c1-12(2)14-8-9-17(18-10-11-19-17)15-7-5-6-13(3)16(14,15)4/h12-15H,5-11H2,1-4H3/t13-,14+,15+,16-/m1/s1. The summed E-state index contributed by atoms with van der Waals surface area (Å²) in [4.78, 5) is 0. The molecule has 0 amide bonds.